The third-order valence-corrected chi connectivity index (χ3v) is 4.84. The van der Waals surface area contributed by atoms with E-state index in [2.05, 4.69) is 15.6 Å². The van der Waals surface area contributed by atoms with Crippen LogP contribution in [0.3, 0.4) is 0 Å². The highest BCUT2D eigenvalue weighted by atomic mass is 16.5. The molecule has 1 aromatic heterocycles. The summed E-state index contributed by atoms with van der Waals surface area (Å²) in [5.74, 6) is -0.186. The third-order valence-electron chi connectivity index (χ3n) is 4.84. The number of carbonyl (C=O) groups is 2. The summed E-state index contributed by atoms with van der Waals surface area (Å²) in [4.78, 5) is 26.6. The van der Waals surface area contributed by atoms with Gasteiger partial charge in [0.2, 0.25) is 0 Å². The van der Waals surface area contributed by atoms with Crippen LogP contribution in [0.2, 0.25) is 0 Å². The summed E-state index contributed by atoms with van der Waals surface area (Å²) in [5, 5.41) is 10.8. The van der Waals surface area contributed by atoms with E-state index in [4.69, 9.17) is 4.74 Å². The van der Waals surface area contributed by atoms with Crippen molar-refractivity contribution < 1.29 is 14.3 Å². The van der Waals surface area contributed by atoms with Gasteiger partial charge in [-0.1, -0.05) is 23.4 Å². The zero-order chi connectivity index (χ0) is 19.2. The van der Waals surface area contributed by atoms with Crippen molar-refractivity contribution in [1.82, 2.24) is 25.2 Å². The second-order valence-corrected chi connectivity index (χ2v) is 6.67. The summed E-state index contributed by atoms with van der Waals surface area (Å²) >= 11 is 0. The number of nitrogens with zero attached hydrogens (tertiary/aromatic N) is 4. The Bertz CT molecular complexity index is 796. The standard InChI is InChI=1S/C19H25N5O3/c1-14-5-3-4-6-16(14)19(26)23-10-7-15(8-11-23)24-13-17(21-22-24)18(25)20-9-12-27-2/h3-6,13,15H,7-12H2,1-2H3,(H,20,25). The molecule has 8 nitrogen and oxygen atoms in total. The Morgan fingerprint density at radius 3 is 2.70 bits per heavy atom. The van der Waals surface area contributed by atoms with E-state index in [1.165, 1.54) is 0 Å². The van der Waals surface area contributed by atoms with Gasteiger partial charge < -0.3 is 15.0 Å². The number of methoxy groups -OCH3 is 1. The maximum atomic E-state index is 12.7. The van der Waals surface area contributed by atoms with Crippen molar-refractivity contribution in [1.29, 1.82) is 0 Å². The van der Waals surface area contributed by atoms with Crippen molar-refractivity contribution in [3.63, 3.8) is 0 Å². The molecular formula is C19H25N5O3. The lowest BCUT2D eigenvalue weighted by atomic mass is 10.0. The second-order valence-electron chi connectivity index (χ2n) is 6.67. The first kappa shape index (κ1) is 19.0. The molecule has 0 radical (unpaired) electrons. The van der Waals surface area contributed by atoms with Gasteiger partial charge in [-0.2, -0.15) is 0 Å². The average Bonchev–Trinajstić information content (AvgIpc) is 3.18. The van der Waals surface area contributed by atoms with Crippen LogP contribution in [0.5, 0.6) is 0 Å². The van der Waals surface area contributed by atoms with Gasteiger partial charge >= 0.3 is 0 Å². The number of carbonyl (C=O) groups excluding carboxylic acids is 2. The van der Waals surface area contributed by atoms with Crippen LogP contribution in [-0.2, 0) is 4.74 Å². The predicted molar refractivity (Wildman–Crippen MR) is 99.6 cm³/mol. The molecule has 1 aliphatic heterocycles. The first-order valence-electron chi connectivity index (χ1n) is 9.14. The topological polar surface area (TPSA) is 89.4 Å². The quantitative estimate of drug-likeness (QED) is 0.776. The SMILES string of the molecule is COCCNC(=O)c1cn(C2CCN(C(=O)c3ccccc3C)CC2)nn1. The highest BCUT2D eigenvalue weighted by molar-refractivity contribution is 5.95. The molecule has 2 aromatic rings. The van der Waals surface area contributed by atoms with Gasteiger partial charge in [0.25, 0.3) is 11.8 Å². The van der Waals surface area contributed by atoms with Crippen molar-refractivity contribution in [2.75, 3.05) is 33.4 Å². The number of aromatic nitrogens is 3. The zero-order valence-corrected chi connectivity index (χ0v) is 15.7. The minimum absolute atomic E-state index is 0.0725. The number of rotatable bonds is 6. The number of piperidine rings is 1. The highest BCUT2D eigenvalue weighted by Crippen LogP contribution is 2.23. The fourth-order valence-corrected chi connectivity index (χ4v) is 3.23. The van der Waals surface area contributed by atoms with Crippen LogP contribution in [0.15, 0.2) is 30.5 Å². The molecule has 1 N–H and O–H groups in total. The summed E-state index contributed by atoms with van der Waals surface area (Å²) < 4.78 is 6.65. The van der Waals surface area contributed by atoms with Gasteiger partial charge in [0, 0.05) is 32.3 Å². The summed E-state index contributed by atoms with van der Waals surface area (Å²) in [5.41, 5.74) is 2.04. The van der Waals surface area contributed by atoms with Crippen molar-refractivity contribution in [2.45, 2.75) is 25.8 Å². The number of hydrogen-bond acceptors (Lipinski definition) is 5. The predicted octanol–water partition coefficient (Wildman–Crippen LogP) is 1.44. The Hall–Kier alpha value is -2.74. The molecule has 0 saturated carbocycles. The van der Waals surface area contributed by atoms with E-state index in [1.54, 1.807) is 18.0 Å². The Balaban J connectivity index is 1.56. The van der Waals surface area contributed by atoms with Crippen molar-refractivity contribution in [3.05, 3.63) is 47.3 Å². The van der Waals surface area contributed by atoms with Crippen molar-refractivity contribution >= 4 is 11.8 Å². The number of ether oxygens (including phenoxy) is 1. The van der Waals surface area contributed by atoms with E-state index in [0.717, 1.165) is 24.0 Å². The summed E-state index contributed by atoms with van der Waals surface area (Å²) in [6.45, 7) is 4.16. The highest BCUT2D eigenvalue weighted by Gasteiger charge is 2.26. The molecule has 3 rings (SSSR count). The average molecular weight is 371 g/mol. The molecular weight excluding hydrogens is 346 g/mol. The van der Waals surface area contributed by atoms with Crippen LogP contribution < -0.4 is 5.32 Å². The number of likely N-dealkylation sites (tertiary alicyclic amines) is 1. The molecule has 0 atom stereocenters. The zero-order valence-electron chi connectivity index (χ0n) is 15.7. The van der Waals surface area contributed by atoms with Crippen molar-refractivity contribution in [2.24, 2.45) is 0 Å². The van der Waals surface area contributed by atoms with Gasteiger partial charge in [0.05, 0.1) is 18.8 Å². The van der Waals surface area contributed by atoms with Crippen LogP contribution in [-0.4, -0.2) is 65.1 Å². The second kappa shape index (κ2) is 8.77. The molecule has 8 heteroatoms. The van der Waals surface area contributed by atoms with Gasteiger partial charge in [0.15, 0.2) is 5.69 Å². The van der Waals surface area contributed by atoms with E-state index in [9.17, 15) is 9.59 Å². The lowest BCUT2D eigenvalue weighted by Crippen LogP contribution is -2.39. The molecule has 27 heavy (non-hydrogen) atoms. The number of nitrogens with one attached hydrogen (secondary N) is 1. The number of amides is 2. The maximum Gasteiger partial charge on any atom is 0.273 e. The molecule has 0 unspecified atom stereocenters. The maximum absolute atomic E-state index is 12.7. The van der Waals surface area contributed by atoms with Crippen LogP contribution in [0.25, 0.3) is 0 Å². The minimum Gasteiger partial charge on any atom is -0.383 e. The summed E-state index contributed by atoms with van der Waals surface area (Å²) in [6, 6.07) is 7.79. The molecule has 1 fully saturated rings. The molecule has 1 aromatic carbocycles. The van der Waals surface area contributed by atoms with Crippen LogP contribution in [0.1, 0.15) is 45.3 Å². The Labute approximate surface area is 158 Å². The molecule has 1 aliphatic rings. The lowest BCUT2D eigenvalue weighted by molar-refractivity contribution is 0.0688. The van der Waals surface area contributed by atoms with Gasteiger partial charge in [-0.05, 0) is 31.4 Å². The number of aryl methyl sites for hydroxylation is 1. The van der Waals surface area contributed by atoms with E-state index in [-0.39, 0.29) is 17.9 Å². The van der Waals surface area contributed by atoms with Gasteiger partial charge in [-0.3, -0.25) is 9.59 Å². The molecule has 1 saturated heterocycles. The molecule has 2 amide bonds. The molecule has 0 bridgehead atoms. The van der Waals surface area contributed by atoms with Crippen LogP contribution >= 0.6 is 0 Å². The van der Waals surface area contributed by atoms with Gasteiger partial charge in [-0.15, -0.1) is 5.10 Å². The third kappa shape index (κ3) is 4.51. The molecule has 0 spiro atoms. The lowest BCUT2D eigenvalue weighted by Gasteiger charge is -2.32. The first-order chi connectivity index (χ1) is 13.1. The van der Waals surface area contributed by atoms with Gasteiger partial charge in [-0.25, -0.2) is 4.68 Å². The largest absolute Gasteiger partial charge is 0.383 e. The fourth-order valence-electron chi connectivity index (χ4n) is 3.23. The minimum atomic E-state index is -0.259. The van der Waals surface area contributed by atoms with E-state index in [1.807, 2.05) is 36.1 Å². The van der Waals surface area contributed by atoms with E-state index >= 15 is 0 Å². The molecule has 2 heterocycles. The monoisotopic (exact) mass is 371 g/mol. The number of hydrogen-bond donors (Lipinski definition) is 1. The Kier molecular flexibility index (Phi) is 6.18. The van der Waals surface area contributed by atoms with E-state index in [0.29, 0.717) is 31.9 Å². The first-order valence-corrected chi connectivity index (χ1v) is 9.14. The molecule has 144 valence electrons. The fraction of sp³-hybridized carbons (Fsp3) is 0.474. The smallest absolute Gasteiger partial charge is 0.273 e. The van der Waals surface area contributed by atoms with E-state index < -0.39 is 0 Å². The van der Waals surface area contributed by atoms with Crippen LogP contribution in [0.4, 0.5) is 0 Å². The Morgan fingerprint density at radius 2 is 2.00 bits per heavy atom. The summed E-state index contributed by atoms with van der Waals surface area (Å²) in [6.07, 6.45) is 3.24. The van der Waals surface area contributed by atoms with Crippen molar-refractivity contribution in [3.8, 4) is 0 Å². The van der Waals surface area contributed by atoms with Crippen LogP contribution in [0, 0.1) is 6.92 Å². The Morgan fingerprint density at radius 1 is 1.26 bits per heavy atom. The summed E-state index contributed by atoms with van der Waals surface area (Å²) in [7, 11) is 1.58. The number of benzene rings is 1. The van der Waals surface area contributed by atoms with Gasteiger partial charge in [0.1, 0.15) is 0 Å². The normalized spacial score (nSPS) is 15.0. The molecule has 0 aliphatic carbocycles.